The van der Waals surface area contributed by atoms with Crippen LogP contribution in [-0.4, -0.2) is 30.1 Å². The molecule has 27 heavy (non-hydrogen) atoms. The Hall–Kier alpha value is -2.80. The molecule has 0 radical (unpaired) electrons. The second-order valence-corrected chi connectivity index (χ2v) is 7.28. The summed E-state index contributed by atoms with van der Waals surface area (Å²) in [6, 6.07) is 17.9. The van der Waals surface area contributed by atoms with E-state index < -0.39 is 0 Å². The summed E-state index contributed by atoms with van der Waals surface area (Å²) in [7, 11) is 0. The lowest BCUT2D eigenvalue weighted by Crippen LogP contribution is -2.17. The molecule has 0 unspecified atom stereocenters. The number of hydrogen-bond donors (Lipinski definition) is 1. The molecule has 4 rings (SSSR count). The van der Waals surface area contributed by atoms with Gasteiger partial charge in [-0.1, -0.05) is 54.2 Å². The number of fused-ring (bicyclic) bond motifs is 1. The number of rotatable bonds is 7. The first-order valence-electron chi connectivity index (χ1n) is 9.07. The van der Waals surface area contributed by atoms with Crippen LogP contribution in [0, 0.1) is 0 Å². The van der Waals surface area contributed by atoms with Crippen molar-refractivity contribution in [3.8, 4) is 11.4 Å². The first-order valence-corrected chi connectivity index (χ1v) is 10.1. The van der Waals surface area contributed by atoms with E-state index in [0.717, 1.165) is 46.3 Å². The van der Waals surface area contributed by atoms with Gasteiger partial charge in [-0.2, -0.15) is 0 Å². The summed E-state index contributed by atoms with van der Waals surface area (Å²) in [6.07, 6.45) is 0.879. The van der Waals surface area contributed by atoms with Gasteiger partial charge < -0.3 is 9.55 Å². The van der Waals surface area contributed by atoms with Crippen LogP contribution in [0.5, 0.6) is 0 Å². The van der Waals surface area contributed by atoms with Crippen molar-refractivity contribution in [1.29, 1.82) is 0 Å². The molecule has 1 N–H and O–H groups in total. The molecule has 138 valence electrons. The fraction of sp³-hybridized carbons (Fsp3) is 0.250. The second-order valence-electron chi connectivity index (χ2n) is 6.22. The lowest BCUT2D eigenvalue weighted by molar-refractivity contribution is 0.671. The van der Waals surface area contributed by atoms with E-state index >= 15 is 0 Å². The molecule has 4 aromatic rings. The first-order chi connectivity index (χ1) is 13.3. The highest BCUT2D eigenvalue weighted by Gasteiger charge is 2.13. The molecule has 0 amide bonds. The number of hydrogen-bond acceptors (Lipinski definition) is 4. The molecule has 7 heteroatoms. The van der Waals surface area contributed by atoms with Gasteiger partial charge in [0.1, 0.15) is 0 Å². The Morgan fingerprint density at radius 1 is 1.00 bits per heavy atom. The Morgan fingerprint density at radius 3 is 2.59 bits per heavy atom. The van der Waals surface area contributed by atoms with Crippen LogP contribution in [0.4, 0.5) is 0 Å². The number of thioether (sulfide) groups is 1. The topological polar surface area (TPSA) is 68.5 Å². The molecule has 2 heterocycles. The van der Waals surface area contributed by atoms with E-state index in [4.69, 9.17) is 0 Å². The maximum atomic E-state index is 12.1. The van der Waals surface area contributed by atoms with Crippen LogP contribution < -0.4 is 5.69 Å². The summed E-state index contributed by atoms with van der Waals surface area (Å²) in [5.74, 6) is 1.77. The van der Waals surface area contributed by atoms with Gasteiger partial charge in [-0.15, -0.1) is 10.2 Å². The summed E-state index contributed by atoms with van der Waals surface area (Å²) >= 11 is 1.68. The predicted octanol–water partition coefficient (Wildman–Crippen LogP) is 3.79. The van der Waals surface area contributed by atoms with Crippen molar-refractivity contribution in [2.75, 3.05) is 5.75 Å². The molecular weight excluding hydrogens is 358 g/mol. The van der Waals surface area contributed by atoms with Crippen molar-refractivity contribution in [1.82, 2.24) is 24.3 Å². The number of aromatic amines is 1. The number of H-pyrrole nitrogens is 1. The van der Waals surface area contributed by atoms with Gasteiger partial charge in [-0.25, -0.2) is 4.79 Å². The Kier molecular flexibility index (Phi) is 5.11. The molecular formula is C20H21N5OS. The predicted molar refractivity (Wildman–Crippen MR) is 109 cm³/mol. The highest BCUT2D eigenvalue weighted by molar-refractivity contribution is 7.99. The number of aryl methyl sites for hydroxylation is 1. The van der Waals surface area contributed by atoms with Gasteiger partial charge >= 0.3 is 5.69 Å². The molecule has 0 aliphatic carbocycles. The van der Waals surface area contributed by atoms with Crippen molar-refractivity contribution in [3.63, 3.8) is 0 Å². The van der Waals surface area contributed by atoms with Gasteiger partial charge in [0.05, 0.1) is 11.0 Å². The van der Waals surface area contributed by atoms with E-state index in [1.807, 2.05) is 54.6 Å². The van der Waals surface area contributed by atoms with Crippen molar-refractivity contribution < 1.29 is 0 Å². The number of nitrogens with zero attached hydrogens (tertiary/aromatic N) is 4. The van der Waals surface area contributed by atoms with Gasteiger partial charge in [0.15, 0.2) is 11.0 Å². The number of imidazole rings is 1. The zero-order valence-corrected chi connectivity index (χ0v) is 15.9. The normalized spacial score (nSPS) is 11.3. The molecule has 6 nitrogen and oxygen atoms in total. The summed E-state index contributed by atoms with van der Waals surface area (Å²) in [5, 5.41) is 9.66. The second kappa shape index (κ2) is 7.84. The molecule has 0 saturated carbocycles. The summed E-state index contributed by atoms with van der Waals surface area (Å²) in [6.45, 7) is 3.61. The fourth-order valence-electron chi connectivity index (χ4n) is 3.20. The van der Waals surface area contributed by atoms with E-state index in [1.54, 1.807) is 16.3 Å². The van der Waals surface area contributed by atoms with Crippen LogP contribution in [0.15, 0.2) is 64.5 Å². The molecule has 2 aromatic carbocycles. The molecule has 0 bridgehead atoms. The van der Waals surface area contributed by atoms with Gasteiger partial charge in [0.2, 0.25) is 0 Å². The fourth-order valence-corrected chi connectivity index (χ4v) is 4.12. The highest BCUT2D eigenvalue weighted by atomic mass is 32.2. The zero-order valence-electron chi connectivity index (χ0n) is 15.1. The quantitative estimate of drug-likeness (QED) is 0.392. The maximum absolute atomic E-state index is 12.1. The number of nitrogens with one attached hydrogen (secondary N) is 1. The van der Waals surface area contributed by atoms with Gasteiger partial charge in [0, 0.05) is 24.4 Å². The summed E-state index contributed by atoms with van der Waals surface area (Å²) in [4.78, 5) is 15.0. The van der Waals surface area contributed by atoms with Crippen molar-refractivity contribution in [2.45, 2.75) is 31.6 Å². The highest BCUT2D eigenvalue weighted by Crippen LogP contribution is 2.24. The van der Waals surface area contributed by atoms with E-state index in [1.165, 1.54) is 0 Å². The van der Waals surface area contributed by atoms with Gasteiger partial charge in [0.25, 0.3) is 0 Å². The third kappa shape index (κ3) is 3.55. The van der Waals surface area contributed by atoms with Crippen molar-refractivity contribution >= 4 is 22.8 Å². The average molecular weight is 379 g/mol. The molecule has 2 aromatic heterocycles. The smallest absolute Gasteiger partial charge is 0.306 e. The summed E-state index contributed by atoms with van der Waals surface area (Å²) < 4.78 is 3.94. The Balaban J connectivity index is 1.43. The van der Waals surface area contributed by atoms with Crippen molar-refractivity contribution in [2.24, 2.45) is 0 Å². The van der Waals surface area contributed by atoms with Crippen LogP contribution in [0.1, 0.15) is 13.3 Å². The minimum Gasteiger partial charge on any atom is -0.306 e. The first kappa shape index (κ1) is 17.6. The van der Waals surface area contributed by atoms with Gasteiger partial charge in [-0.3, -0.25) is 4.57 Å². The molecule has 0 fully saturated rings. The van der Waals surface area contributed by atoms with Crippen LogP contribution in [-0.2, 0) is 13.1 Å². The Morgan fingerprint density at radius 2 is 1.78 bits per heavy atom. The average Bonchev–Trinajstić information content (AvgIpc) is 3.26. The largest absolute Gasteiger partial charge is 0.326 e. The Labute approximate surface area is 161 Å². The minimum absolute atomic E-state index is 0.0516. The van der Waals surface area contributed by atoms with Crippen molar-refractivity contribution in [3.05, 3.63) is 65.1 Å². The Bertz CT molecular complexity index is 1100. The number of benzene rings is 2. The van der Waals surface area contributed by atoms with Gasteiger partial charge in [-0.05, 0) is 25.5 Å². The van der Waals surface area contributed by atoms with Crippen LogP contribution in [0.2, 0.25) is 0 Å². The van der Waals surface area contributed by atoms with Crippen LogP contribution in [0.25, 0.3) is 22.4 Å². The lowest BCUT2D eigenvalue weighted by Gasteiger charge is -2.07. The maximum Gasteiger partial charge on any atom is 0.326 e. The molecule has 0 aliphatic heterocycles. The lowest BCUT2D eigenvalue weighted by atomic mass is 10.2. The van der Waals surface area contributed by atoms with Crippen LogP contribution >= 0.6 is 11.8 Å². The SMILES string of the molecule is CCn1c(SCCCn2c(=O)[nH]c3ccccc32)nnc1-c1ccccc1. The summed E-state index contributed by atoms with van der Waals surface area (Å²) in [5.41, 5.74) is 2.86. The monoisotopic (exact) mass is 379 g/mol. The third-order valence-electron chi connectivity index (χ3n) is 4.50. The zero-order chi connectivity index (χ0) is 18.6. The molecule has 0 spiro atoms. The van der Waals surface area contributed by atoms with E-state index in [-0.39, 0.29) is 5.69 Å². The minimum atomic E-state index is -0.0516. The number of para-hydroxylation sites is 2. The van der Waals surface area contributed by atoms with E-state index in [0.29, 0.717) is 6.54 Å². The number of aromatic nitrogens is 5. The van der Waals surface area contributed by atoms with E-state index in [9.17, 15) is 4.79 Å². The molecule has 0 aliphatic rings. The van der Waals surface area contributed by atoms with Crippen LogP contribution in [0.3, 0.4) is 0 Å². The standard InChI is InChI=1S/C20H21N5OS/c1-2-24-18(15-9-4-3-5-10-15)22-23-20(24)27-14-8-13-25-17-12-7-6-11-16(17)21-19(25)26/h3-7,9-12H,2,8,13-14H2,1H3,(H,21,26). The van der Waals surface area contributed by atoms with E-state index in [2.05, 4.69) is 26.7 Å². The third-order valence-corrected chi connectivity index (χ3v) is 5.56. The molecule has 0 saturated heterocycles. The molecule has 0 atom stereocenters.